The van der Waals surface area contributed by atoms with E-state index < -0.39 is 40.2 Å². The zero-order valence-electron chi connectivity index (χ0n) is 24.3. The number of hydrogen-bond acceptors (Lipinski definition) is 5. The van der Waals surface area contributed by atoms with Gasteiger partial charge < -0.3 is 15.0 Å². The van der Waals surface area contributed by atoms with Gasteiger partial charge in [-0.2, -0.15) is 0 Å². The Kier molecular flexibility index (Phi) is 11.0. The van der Waals surface area contributed by atoms with E-state index in [0.717, 1.165) is 22.0 Å². The third kappa shape index (κ3) is 7.94. The number of halogens is 2. The number of amides is 2. The van der Waals surface area contributed by atoms with Crippen LogP contribution in [-0.2, 0) is 32.6 Å². The quantitative estimate of drug-likeness (QED) is 0.210. The Balaban J connectivity index is 1.81. The smallest absolute Gasteiger partial charge is 0.264 e. The van der Waals surface area contributed by atoms with Crippen LogP contribution in [0.25, 0.3) is 0 Å². The minimum atomic E-state index is -4.33. The van der Waals surface area contributed by atoms with Gasteiger partial charge in [0.2, 0.25) is 11.8 Å². The van der Waals surface area contributed by atoms with Crippen molar-refractivity contribution >= 4 is 39.1 Å². The van der Waals surface area contributed by atoms with Crippen LogP contribution in [0.5, 0.6) is 5.75 Å². The molecule has 0 aliphatic rings. The van der Waals surface area contributed by atoms with Gasteiger partial charge in [-0.1, -0.05) is 72.3 Å². The van der Waals surface area contributed by atoms with Crippen molar-refractivity contribution in [2.75, 3.05) is 24.5 Å². The zero-order valence-corrected chi connectivity index (χ0v) is 25.9. The predicted molar refractivity (Wildman–Crippen MR) is 169 cm³/mol. The maximum Gasteiger partial charge on any atom is 0.264 e. The van der Waals surface area contributed by atoms with Crippen LogP contribution in [0.3, 0.4) is 0 Å². The fourth-order valence-corrected chi connectivity index (χ4v) is 6.30. The molecule has 1 N–H and O–H groups in total. The first-order chi connectivity index (χ1) is 21.1. The molecule has 0 heterocycles. The number of carbonyl (C=O) groups is 2. The number of nitrogens with one attached hydrogen (secondary N) is 1. The van der Waals surface area contributed by atoms with Crippen LogP contribution in [0.15, 0.2) is 108 Å². The molecule has 4 aromatic carbocycles. The van der Waals surface area contributed by atoms with Crippen LogP contribution < -0.4 is 14.4 Å². The lowest BCUT2D eigenvalue weighted by Gasteiger charge is -2.34. The highest BCUT2D eigenvalue weighted by Crippen LogP contribution is 2.28. The summed E-state index contributed by atoms with van der Waals surface area (Å²) >= 11 is 6.05. The maximum atomic E-state index is 14.4. The van der Waals surface area contributed by atoms with Gasteiger partial charge in [0.25, 0.3) is 10.0 Å². The Morgan fingerprint density at radius 1 is 0.909 bits per heavy atom. The predicted octanol–water partition coefficient (Wildman–Crippen LogP) is 5.46. The fraction of sp³-hybridized carbons (Fsp3) is 0.212. The zero-order chi connectivity index (χ0) is 31.7. The molecular weight excluding hydrogens is 605 g/mol. The monoisotopic (exact) mass is 637 g/mol. The van der Waals surface area contributed by atoms with Crippen LogP contribution in [-0.4, -0.2) is 51.4 Å². The standard InChI is InChI=1S/C33H33ClFN3O5S/c1-3-36-33(40)31(20-24-11-6-4-7-12-24)37(22-25-13-10-14-27(19-25)43-2)32(39)23-38(26-17-18-30(35)29(34)21-26)44(41,42)28-15-8-5-9-16-28/h4-19,21,31H,3,20,22-23H2,1-2H3,(H,36,40). The van der Waals surface area contributed by atoms with E-state index in [1.807, 2.05) is 30.3 Å². The van der Waals surface area contributed by atoms with Crippen molar-refractivity contribution in [3.05, 3.63) is 125 Å². The molecule has 2 amide bonds. The van der Waals surface area contributed by atoms with Gasteiger partial charge in [-0.05, 0) is 60.5 Å². The number of sulfonamides is 1. The molecule has 0 saturated heterocycles. The van der Waals surface area contributed by atoms with Crippen molar-refractivity contribution in [2.24, 2.45) is 0 Å². The van der Waals surface area contributed by atoms with E-state index in [2.05, 4.69) is 5.32 Å². The lowest BCUT2D eigenvalue weighted by molar-refractivity contribution is -0.140. The number of likely N-dealkylation sites (N-methyl/N-ethyl adjacent to an activating group) is 1. The van der Waals surface area contributed by atoms with E-state index >= 15 is 0 Å². The van der Waals surface area contributed by atoms with E-state index in [-0.39, 0.29) is 28.6 Å². The average Bonchev–Trinajstić information content (AvgIpc) is 3.03. The second-order valence-corrected chi connectivity index (χ2v) is 12.2. The third-order valence-electron chi connectivity index (χ3n) is 6.91. The van der Waals surface area contributed by atoms with Gasteiger partial charge in [-0.3, -0.25) is 13.9 Å². The Morgan fingerprint density at radius 3 is 2.20 bits per heavy atom. The van der Waals surface area contributed by atoms with Crippen molar-refractivity contribution in [1.29, 1.82) is 0 Å². The second-order valence-electron chi connectivity index (χ2n) is 9.90. The first kappa shape index (κ1) is 32.5. The molecule has 4 aromatic rings. The van der Waals surface area contributed by atoms with E-state index in [0.29, 0.717) is 17.9 Å². The fourth-order valence-electron chi connectivity index (χ4n) is 4.70. The summed E-state index contributed by atoms with van der Waals surface area (Å²) in [7, 11) is -2.80. The molecule has 44 heavy (non-hydrogen) atoms. The van der Waals surface area contributed by atoms with Gasteiger partial charge in [0.1, 0.15) is 24.2 Å². The topological polar surface area (TPSA) is 96.0 Å². The van der Waals surface area contributed by atoms with Crippen LogP contribution >= 0.6 is 11.6 Å². The molecule has 1 atom stereocenters. The van der Waals surface area contributed by atoms with Crippen molar-refractivity contribution in [3.8, 4) is 5.75 Å². The Labute approximate surface area is 262 Å². The van der Waals surface area contributed by atoms with Gasteiger partial charge in [-0.25, -0.2) is 12.8 Å². The molecule has 0 aromatic heterocycles. The maximum absolute atomic E-state index is 14.4. The molecule has 230 valence electrons. The van der Waals surface area contributed by atoms with Crippen molar-refractivity contribution in [2.45, 2.75) is 30.8 Å². The minimum Gasteiger partial charge on any atom is -0.497 e. The third-order valence-corrected chi connectivity index (χ3v) is 8.99. The molecule has 11 heteroatoms. The molecule has 8 nitrogen and oxygen atoms in total. The van der Waals surface area contributed by atoms with Crippen molar-refractivity contribution < 1.29 is 27.1 Å². The highest BCUT2D eigenvalue weighted by molar-refractivity contribution is 7.92. The van der Waals surface area contributed by atoms with Gasteiger partial charge >= 0.3 is 0 Å². The summed E-state index contributed by atoms with van der Waals surface area (Å²) in [6.07, 6.45) is 0.177. The summed E-state index contributed by atoms with van der Waals surface area (Å²) in [5.41, 5.74) is 1.47. The molecule has 1 unspecified atom stereocenters. The summed E-state index contributed by atoms with van der Waals surface area (Å²) in [5, 5.41) is 2.51. The van der Waals surface area contributed by atoms with Gasteiger partial charge in [0.05, 0.1) is 22.7 Å². The van der Waals surface area contributed by atoms with Crippen LogP contribution in [0.1, 0.15) is 18.1 Å². The SMILES string of the molecule is CCNC(=O)C(Cc1ccccc1)N(Cc1cccc(OC)c1)C(=O)CN(c1ccc(F)c(Cl)c1)S(=O)(=O)c1ccccc1. The first-order valence-electron chi connectivity index (χ1n) is 13.9. The summed E-state index contributed by atoms with van der Waals surface area (Å²) < 4.78 is 48.3. The first-order valence-corrected chi connectivity index (χ1v) is 15.7. The number of hydrogen-bond donors (Lipinski definition) is 1. The Bertz CT molecular complexity index is 1690. The summed E-state index contributed by atoms with van der Waals surface area (Å²) in [5.74, 6) is -1.23. The van der Waals surface area contributed by atoms with E-state index in [1.54, 1.807) is 49.4 Å². The Hall–Kier alpha value is -4.41. The number of ether oxygens (including phenoxy) is 1. The molecule has 0 aliphatic carbocycles. The number of benzene rings is 4. The number of nitrogens with zero attached hydrogens (tertiary/aromatic N) is 2. The number of methoxy groups -OCH3 is 1. The summed E-state index contributed by atoms with van der Waals surface area (Å²) in [6.45, 7) is 1.40. The molecule has 0 aliphatic heterocycles. The van der Waals surface area contributed by atoms with Gasteiger partial charge in [0, 0.05) is 19.5 Å². The van der Waals surface area contributed by atoms with Crippen LogP contribution in [0.2, 0.25) is 5.02 Å². The van der Waals surface area contributed by atoms with Crippen LogP contribution in [0, 0.1) is 5.82 Å². The van der Waals surface area contributed by atoms with Gasteiger partial charge in [0.15, 0.2) is 0 Å². The largest absolute Gasteiger partial charge is 0.497 e. The minimum absolute atomic E-state index is 0.00690. The highest BCUT2D eigenvalue weighted by atomic mass is 35.5. The summed E-state index contributed by atoms with van der Waals surface area (Å²) in [4.78, 5) is 29.2. The number of carbonyl (C=O) groups excluding carboxylic acids is 2. The second kappa shape index (κ2) is 14.9. The normalized spacial score (nSPS) is 11.8. The molecule has 0 fully saturated rings. The van der Waals surface area contributed by atoms with E-state index in [1.165, 1.54) is 30.2 Å². The lowest BCUT2D eigenvalue weighted by Crippen LogP contribution is -2.53. The van der Waals surface area contributed by atoms with E-state index in [4.69, 9.17) is 16.3 Å². The molecule has 0 radical (unpaired) electrons. The molecular formula is C33H33ClFN3O5S. The van der Waals surface area contributed by atoms with Crippen molar-refractivity contribution in [1.82, 2.24) is 10.2 Å². The number of rotatable bonds is 13. The van der Waals surface area contributed by atoms with Gasteiger partial charge in [-0.15, -0.1) is 0 Å². The average molecular weight is 638 g/mol. The number of anilines is 1. The van der Waals surface area contributed by atoms with E-state index in [9.17, 15) is 22.4 Å². The van der Waals surface area contributed by atoms with Crippen LogP contribution in [0.4, 0.5) is 10.1 Å². The molecule has 4 rings (SSSR count). The Morgan fingerprint density at radius 2 is 1.57 bits per heavy atom. The molecule has 0 spiro atoms. The molecule has 0 saturated carbocycles. The highest BCUT2D eigenvalue weighted by Gasteiger charge is 2.34. The molecule has 0 bridgehead atoms. The lowest BCUT2D eigenvalue weighted by atomic mass is 10.0. The summed E-state index contributed by atoms with van der Waals surface area (Å²) in [6, 6.07) is 26.3. The van der Waals surface area contributed by atoms with Crippen molar-refractivity contribution in [3.63, 3.8) is 0 Å².